The van der Waals surface area contributed by atoms with Crippen LogP contribution in [0, 0.1) is 17.8 Å². The van der Waals surface area contributed by atoms with E-state index in [0.29, 0.717) is 18.3 Å². The van der Waals surface area contributed by atoms with E-state index in [0.717, 1.165) is 25.7 Å². The van der Waals surface area contributed by atoms with Gasteiger partial charge in [-0.05, 0) is 24.7 Å². The molecule has 16 heavy (non-hydrogen) atoms. The van der Waals surface area contributed by atoms with Crippen molar-refractivity contribution in [2.24, 2.45) is 17.8 Å². The number of rotatable bonds is 3. The van der Waals surface area contributed by atoms with Crippen LogP contribution in [0.3, 0.4) is 0 Å². The lowest BCUT2D eigenvalue weighted by molar-refractivity contribution is -0.139. The molecular weight excluding hydrogens is 207 g/mol. The van der Waals surface area contributed by atoms with Crippen molar-refractivity contribution < 1.29 is 14.3 Å². The fourth-order valence-electron chi connectivity index (χ4n) is 2.65. The summed E-state index contributed by atoms with van der Waals surface area (Å²) in [5, 5.41) is 8.75. The van der Waals surface area contributed by atoms with Gasteiger partial charge in [-0.15, -0.1) is 0 Å². The standard InChI is InChI=1S/C13H23FO2/c1-9(2)10-5-3-4-6-11(8-13(15)16)12(14)7-10/h9-12H,3-8H2,1-2H3,(H,15,16)/t10?,11-,12-/m0/s1. The number of halogens is 1. The van der Waals surface area contributed by atoms with Crippen LogP contribution in [-0.2, 0) is 4.79 Å². The summed E-state index contributed by atoms with van der Waals surface area (Å²) in [6, 6.07) is 0. The monoisotopic (exact) mass is 230 g/mol. The van der Waals surface area contributed by atoms with E-state index in [1.54, 1.807) is 0 Å². The molecule has 1 fully saturated rings. The number of aliphatic carboxylic acids is 1. The van der Waals surface area contributed by atoms with Gasteiger partial charge in [0.1, 0.15) is 6.17 Å². The lowest BCUT2D eigenvalue weighted by atomic mass is 9.78. The summed E-state index contributed by atoms with van der Waals surface area (Å²) < 4.78 is 14.0. The summed E-state index contributed by atoms with van der Waals surface area (Å²) in [7, 11) is 0. The zero-order valence-corrected chi connectivity index (χ0v) is 10.3. The van der Waals surface area contributed by atoms with Crippen molar-refractivity contribution in [1.82, 2.24) is 0 Å². The van der Waals surface area contributed by atoms with Gasteiger partial charge < -0.3 is 5.11 Å². The summed E-state index contributed by atoms with van der Waals surface area (Å²) >= 11 is 0. The molecule has 1 unspecified atom stereocenters. The summed E-state index contributed by atoms with van der Waals surface area (Å²) in [6.07, 6.45) is 3.54. The van der Waals surface area contributed by atoms with Crippen LogP contribution in [0.5, 0.6) is 0 Å². The quantitative estimate of drug-likeness (QED) is 0.803. The second kappa shape index (κ2) is 6.21. The van der Waals surface area contributed by atoms with Crippen molar-refractivity contribution >= 4 is 5.97 Å². The Bertz CT molecular complexity index is 228. The normalized spacial score (nSPS) is 32.1. The van der Waals surface area contributed by atoms with Crippen molar-refractivity contribution in [2.75, 3.05) is 0 Å². The Morgan fingerprint density at radius 2 is 2.00 bits per heavy atom. The van der Waals surface area contributed by atoms with Gasteiger partial charge in [0.25, 0.3) is 0 Å². The largest absolute Gasteiger partial charge is 0.481 e. The molecule has 0 spiro atoms. The van der Waals surface area contributed by atoms with Crippen LogP contribution in [0.1, 0.15) is 52.4 Å². The van der Waals surface area contributed by atoms with Crippen LogP contribution in [0.25, 0.3) is 0 Å². The van der Waals surface area contributed by atoms with Gasteiger partial charge in [-0.1, -0.05) is 33.1 Å². The zero-order valence-electron chi connectivity index (χ0n) is 10.3. The summed E-state index contributed by atoms with van der Waals surface area (Å²) in [5.41, 5.74) is 0. The van der Waals surface area contributed by atoms with Crippen molar-refractivity contribution in [3.05, 3.63) is 0 Å². The third-order valence-electron chi connectivity index (χ3n) is 3.82. The van der Waals surface area contributed by atoms with E-state index >= 15 is 0 Å². The Labute approximate surface area is 97.2 Å². The molecule has 1 N–H and O–H groups in total. The van der Waals surface area contributed by atoms with E-state index in [1.165, 1.54) is 0 Å². The van der Waals surface area contributed by atoms with Gasteiger partial charge in [0.15, 0.2) is 0 Å². The highest BCUT2D eigenvalue weighted by molar-refractivity contribution is 5.67. The second-order valence-corrected chi connectivity index (χ2v) is 5.40. The van der Waals surface area contributed by atoms with Crippen LogP contribution >= 0.6 is 0 Å². The molecule has 0 aliphatic heterocycles. The first-order valence-electron chi connectivity index (χ1n) is 6.36. The molecule has 1 aliphatic rings. The maximum atomic E-state index is 14.0. The van der Waals surface area contributed by atoms with Crippen LogP contribution in [0.15, 0.2) is 0 Å². The smallest absolute Gasteiger partial charge is 0.303 e. The Morgan fingerprint density at radius 1 is 1.38 bits per heavy atom. The molecule has 1 rings (SSSR count). The highest BCUT2D eigenvalue weighted by Crippen LogP contribution is 2.33. The first-order chi connectivity index (χ1) is 7.50. The van der Waals surface area contributed by atoms with Crippen molar-refractivity contribution in [2.45, 2.75) is 58.5 Å². The predicted molar refractivity (Wildman–Crippen MR) is 62.1 cm³/mol. The topological polar surface area (TPSA) is 37.3 Å². The Hall–Kier alpha value is -0.600. The lowest BCUT2D eigenvalue weighted by Gasteiger charge is -2.29. The number of carboxylic acid groups (broad SMARTS) is 1. The van der Waals surface area contributed by atoms with Crippen LogP contribution in [0.4, 0.5) is 4.39 Å². The first-order valence-corrected chi connectivity index (χ1v) is 6.36. The molecule has 0 saturated heterocycles. The number of hydrogen-bond acceptors (Lipinski definition) is 1. The molecule has 1 saturated carbocycles. The molecular formula is C13H23FO2. The van der Waals surface area contributed by atoms with E-state index in [1.807, 2.05) is 0 Å². The van der Waals surface area contributed by atoms with Crippen LogP contribution < -0.4 is 0 Å². The summed E-state index contributed by atoms with van der Waals surface area (Å²) in [4.78, 5) is 10.7. The van der Waals surface area contributed by atoms with E-state index in [4.69, 9.17) is 5.11 Å². The summed E-state index contributed by atoms with van der Waals surface area (Å²) in [6.45, 7) is 4.26. The second-order valence-electron chi connectivity index (χ2n) is 5.40. The molecule has 3 atom stereocenters. The molecule has 0 bridgehead atoms. The van der Waals surface area contributed by atoms with Crippen LogP contribution in [-0.4, -0.2) is 17.2 Å². The molecule has 0 heterocycles. The molecule has 94 valence electrons. The third-order valence-corrected chi connectivity index (χ3v) is 3.82. The van der Waals surface area contributed by atoms with E-state index < -0.39 is 12.1 Å². The molecule has 3 heteroatoms. The maximum Gasteiger partial charge on any atom is 0.303 e. The lowest BCUT2D eigenvalue weighted by Crippen LogP contribution is -2.26. The average Bonchev–Trinajstić information content (AvgIpc) is 2.16. The van der Waals surface area contributed by atoms with Gasteiger partial charge in [0, 0.05) is 5.92 Å². The number of carboxylic acids is 1. The highest BCUT2D eigenvalue weighted by Gasteiger charge is 2.29. The molecule has 1 aliphatic carbocycles. The maximum absolute atomic E-state index is 14.0. The number of carbonyl (C=O) groups is 1. The van der Waals surface area contributed by atoms with Gasteiger partial charge in [0.05, 0.1) is 6.42 Å². The molecule has 0 aromatic rings. The van der Waals surface area contributed by atoms with E-state index in [-0.39, 0.29) is 12.3 Å². The minimum absolute atomic E-state index is 0.00795. The van der Waals surface area contributed by atoms with Gasteiger partial charge in [-0.25, -0.2) is 4.39 Å². The SMILES string of the molecule is CC(C)C1CCCC[C@@H](CC(=O)O)[C@@H](F)C1. The predicted octanol–water partition coefficient (Wildman–Crippen LogP) is 3.65. The van der Waals surface area contributed by atoms with Gasteiger partial charge in [-0.3, -0.25) is 4.79 Å². The highest BCUT2D eigenvalue weighted by atomic mass is 19.1. The number of alkyl halides is 1. The Balaban J connectivity index is 2.57. The molecule has 0 aromatic carbocycles. The van der Waals surface area contributed by atoms with Crippen molar-refractivity contribution in [1.29, 1.82) is 0 Å². The van der Waals surface area contributed by atoms with Crippen LogP contribution in [0.2, 0.25) is 0 Å². The average molecular weight is 230 g/mol. The molecule has 0 aromatic heterocycles. The Kier molecular flexibility index (Phi) is 5.23. The van der Waals surface area contributed by atoms with E-state index in [2.05, 4.69) is 13.8 Å². The van der Waals surface area contributed by atoms with Crippen molar-refractivity contribution in [3.63, 3.8) is 0 Å². The molecule has 0 radical (unpaired) electrons. The molecule has 2 nitrogen and oxygen atoms in total. The van der Waals surface area contributed by atoms with Crippen molar-refractivity contribution in [3.8, 4) is 0 Å². The minimum atomic E-state index is -0.927. The molecule has 0 amide bonds. The third kappa shape index (κ3) is 4.11. The fourth-order valence-corrected chi connectivity index (χ4v) is 2.65. The fraction of sp³-hybridized carbons (Fsp3) is 0.923. The Morgan fingerprint density at radius 3 is 2.56 bits per heavy atom. The summed E-state index contributed by atoms with van der Waals surface area (Å²) in [5.74, 6) is -0.207. The van der Waals surface area contributed by atoms with Gasteiger partial charge in [-0.2, -0.15) is 0 Å². The zero-order chi connectivity index (χ0) is 12.1. The minimum Gasteiger partial charge on any atom is -0.481 e. The number of hydrogen-bond donors (Lipinski definition) is 1. The van der Waals surface area contributed by atoms with E-state index in [9.17, 15) is 9.18 Å². The van der Waals surface area contributed by atoms with Gasteiger partial charge >= 0.3 is 5.97 Å². The first kappa shape index (κ1) is 13.5. The van der Waals surface area contributed by atoms with Gasteiger partial charge in [0.2, 0.25) is 0 Å².